The van der Waals surface area contributed by atoms with Gasteiger partial charge in [-0.2, -0.15) is 0 Å². The van der Waals surface area contributed by atoms with E-state index in [1.54, 1.807) is 0 Å². The van der Waals surface area contributed by atoms with E-state index in [0.717, 1.165) is 12.1 Å². The molecule has 1 heteroatoms. The first-order valence-electron chi connectivity index (χ1n) is 5.28. The van der Waals surface area contributed by atoms with Crippen LogP contribution in [-0.2, 0) is 6.42 Å². The van der Waals surface area contributed by atoms with E-state index in [2.05, 4.69) is 30.6 Å². The summed E-state index contributed by atoms with van der Waals surface area (Å²) in [5, 5.41) is 0. The standard InChI is InChI=1S/C11H15N.C2H6/c1-4-7-10-9(5-2)8-12-11(10)6-3;1-2/h4,6-8,12H,3,5H2,1-2H3;1-2H3/b7-4-;. The van der Waals surface area contributed by atoms with Gasteiger partial charge in [0.1, 0.15) is 0 Å². The lowest BCUT2D eigenvalue weighted by molar-refractivity contribution is 1.14. The first-order chi connectivity index (χ1) is 6.83. The second kappa shape index (κ2) is 7.19. The lowest BCUT2D eigenvalue weighted by atomic mass is 10.1. The monoisotopic (exact) mass is 191 g/mol. The SMILES string of the molecule is C=Cc1[nH]cc(CC)c1/C=C\C.CC. The van der Waals surface area contributed by atoms with Gasteiger partial charge in [-0.25, -0.2) is 0 Å². The maximum atomic E-state index is 3.76. The Balaban J connectivity index is 0.000000791. The molecule has 0 aliphatic rings. The topological polar surface area (TPSA) is 15.8 Å². The molecule has 14 heavy (non-hydrogen) atoms. The van der Waals surface area contributed by atoms with Crippen molar-refractivity contribution in [2.24, 2.45) is 0 Å². The van der Waals surface area contributed by atoms with Gasteiger partial charge in [-0.1, -0.05) is 39.5 Å². The van der Waals surface area contributed by atoms with Gasteiger partial charge in [0.05, 0.1) is 0 Å². The highest BCUT2D eigenvalue weighted by Gasteiger charge is 2.02. The van der Waals surface area contributed by atoms with Gasteiger partial charge in [-0.15, -0.1) is 0 Å². The van der Waals surface area contributed by atoms with E-state index >= 15 is 0 Å². The Bertz CT molecular complexity index is 292. The second-order valence-electron chi connectivity index (χ2n) is 2.70. The number of nitrogens with one attached hydrogen (secondary N) is 1. The molecule has 1 aromatic rings. The Hall–Kier alpha value is -1.24. The molecule has 0 unspecified atom stereocenters. The predicted octanol–water partition coefficient (Wildman–Crippen LogP) is 4.28. The van der Waals surface area contributed by atoms with Crippen LogP contribution in [0.5, 0.6) is 0 Å². The number of hydrogen-bond donors (Lipinski definition) is 1. The summed E-state index contributed by atoms with van der Waals surface area (Å²) in [4.78, 5) is 3.19. The number of rotatable bonds is 3. The fraction of sp³-hybridized carbons (Fsp3) is 0.385. The van der Waals surface area contributed by atoms with Crippen LogP contribution in [0.25, 0.3) is 12.2 Å². The van der Waals surface area contributed by atoms with Gasteiger partial charge in [0, 0.05) is 17.5 Å². The maximum absolute atomic E-state index is 3.76. The average Bonchev–Trinajstić information content (AvgIpc) is 2.64. The first-order valence-corrected chi connectivity index (χ1v) is 5.28. The molecule has 0 saturated heterocycles. The van der Waals surface area contributed by atoms with Crippen molar-refractivity contribution in [2.45, 2.75) is 34.1 Å². The molecule has 1 N–H and O–H groups in total. The van der Waals surface area contributed by atoms with Crippen LogP contribution >= 0.6 is 0 Å². The van der Waals surface area contributed by atoms with E-state index < -0.39 is 0 Å². The molecule has 1 heterocycles. The summed E-state index contributed by atoms with van der Waals surface area (Å²) in [5.74, 6) is 0. The normalized spacial score (nSPS) is 9.71. The molecular weight excluding hydrogens is 170 g/mol. The van der Waals surface area contributed by atoms with Crippen LogP contribution in [0.15, 0.2) is 18.9 Å². The largest absolute Gasteiger partial charge is 0.361 e. The third-order valence-electron chi connectivity index (χ3n) is 1.96. The molecule has 0 aliphatic carbocycles. The fourth-order valence-electron chi connectivity index (χ4n) is 1.32. The quantitative estimate of drug-likeness (QED) is 0.734. The molecule has 0 radical (unpaired) electrons. The molecule has 1 rings (SSSR count). The Kier molecular flexibility index (Phi) is 6.55. The van der Waals surface area contributed by atoms with E-state index in [4.69, 9.17) is 0 Å². The van der Waals surface area contributed by atoms with E-state index in [1.807, 2.05) is 33.0 Å². The molecule has 0 aliphatic heterocycles. The summed E-state index contributed by atoms with van der Waals surface area (Å²) in [5.41, 5.74) is 3.74. The minimum Gasteiger partial charge on any atom is -0.361 e. The summed E-state index contributed by atoms with van der Waals surface area (Å²) in [6.07, 6.45) is 9.13. The number of aromatic amines is 1. The summed E-state index contributed by atoms with van der Waals surface area (Å²) in [6, 6.07) is 0. The number of H-pyrrole nitrogens is 1. The maximum Gasteiger partial charge on any atom is 0.0450 e. The zero-order chi connectivity index (χ0) is 11.0. The number of hydrogen-bond acceptors (Lipinski definition) is 0. The Morgan fingerprint density at radius 1 is 1.43 bits per heavy atom. The average molecular weight is 191 g/mol. The lowest BCUT2D eigenvalue weighted by Crippen LogP contribution is -1.80. The molecule has 1 nitrogen and oxygen atoms in total. The van der Waals surface area contributed by atoms with E-state index in [1.165, 1.54) is 11.1 Å². The predicted molar refractivity (Wildman–Crippen MR) is 66.3 cm³/mol. The molecule has 0 amide bonds. The van der Waals surface area contributed by atoms with Crippen molar-refractivity contribution in [3.8, 4) is 0 Å². The van der Waals surface area contributed by atoms with Crippen LogP contribution in [-0.4, -0.2) is 4.98 Å². The first kappa shape index (κ1) is 12.8. The lowest BCUT2D eigenvalue weighted by Gasteiger charge is -1.95. The third kappa shape index (κ3) is 2.91. The van der Waals surface area contributed by atoms with Crippen molar-refractivity contribution < 1.29 is 0 Å². The highest BCUT2D eigenvalue weighted by atomic mass is 14.7. The van der Waals surface area contributed by atoms with Gasteiger partial charge in [-0.05, 0) is 25.0 Å². The highest BCUT2D eigenvalue weighted by Crippen LogP contribution is 2.17. The molecule has 0 spiro atoms. The Morgan fingerprint density at radius 3 is 2.50 bits per heavy atom. The summed E-state index contributed by atoms with van der Waals surface area (Å²) in [7, 11) is 0. The number of aryl methyl sites for hydroxylation is 1. The van der Waals surface area contributed by atoms with Crippen molar-refractivity contribution in [3.63, 3.8) is 0 Å². The van der Waals surface area contributed by atoms with Gasteiger partial charge in [0.25, 0.3) is 0 Å². The van der Waals surface area contributed by atoms with Gasteiger partial charge in [0.2, 0.25) is 0 Å². The van der Waals surface area contributed by atoms with Crippen LogP contribution in [0.2, 0.25) is 0 Å². The van der Waals surface area contributed by atoms with Crippen LogP contribution in [0.1, 0.15) is 44.5 Å². The zero-order valence-corrected chi connectivity index (χ0v) is 9.72. The van der Waals surface area contributed by atoms with Crippen molar-refractivity contribution in [2.75, 3.05) is 0 Å². The van der Waals surface area contributed by atoms with Gasteiger partial charge < -0.3 is 4.98 Å². The molecule has 1 aromatic heterocycles. The summed E-state index contributed by atoms with van der Waals surface area (Å²) in [6.45, 7) is 11.9. The van der Waals surface area contributed by atoms with Crippen LogP contribution < -0.4 is 0 Å². The van der Waals surface area contributed by atoms with Crippen molar-refractivity contribution in [3.05, 3.63) is 35.7 Å². The minimum atomic E-state index is 1.06. The van der Waals surface area contributed by atoms with Gasteiger partial charge in [0.15, 0.2) is 0 Å². The second-order valence-corrected chi connectivity index (χ2v) is 2.70. The molecule has 0 bridgehead atoms. The number of aromatic nitrogens is 1. The van der Waals surface area contributed by atoms with Gasteiger partial charge >= 0.3 is 0 Å². The van der Waals surface area contributed by atoms with Crippen molar-refractivity contribution in [1.82, 2.24) is 4.98 Å². The highest BCUT2D eigenvalue weighted by molar-refractivity contribution is 5.65. The fourth-order valence-corrected chi connectivity index (χ4v) is 1.32. The minimum absolute atomic E-state index is 1.06. The molecule has 78 valence electrons. The zero-order valence-electron chi connectivity index (χ0n) is 9.72. The van der Waals surface area contributed by atoms with Crippen LogP contribution in [0.4, 0.5) is 0 Å². The third-order valence-corrected chi connectivity index (χ3v) is 1.96. The van der Waals surface area contributed by atoms with E-state index in [-0.39, 0.29) is 0 Å². The molecule has 0 saturated carbocycles. The van der Waals surface area contributed by atoms with E-state index in [9.17, 15) is 0 Å². The number of allylic oxidation sites excluding steroid dienone is 1. The molecule has 0 fully saturated rings. The molecule has 0 aromatic carbocycles. The molecular formula is C13H21N. The summed E-state index contributed by atoms with van der Waals surface area (Å²) < 4.78 is 0. The smallest absolute Gasteiger partial charge is 0.0450 e. The van der Waals surface area contributed by atoms with Gasteiger partial charge in [-0.3, -0.25) is 0 Å². The van der Waals surface area contributed by atoms with E-state index in [0.29, 0.717) is 0 Å². The summed E-state index contributed by atoms with van der Waals surface area (Å²) >= 11 is 0. The van der Waals surface area contributed by atoms with Crippen molar-refractivity contribution in [1.29, 1.82) is 0 Å². The Morgan fingerprint density at radius 2 is 2.07 bits per heavy atom. The van der Waals surface area contributed by atoms with Crippen LogP contribution in [0, 0.1) is 0 Å². The Labute approximate surface area is 87.6 Å². The van der Waals surface area contributed by atoms with Crippen LogP contribution in [0.3, 0.4) is 0 Å². The molecule has 0 atom stereocenters. The van der Waals surface area contributed by atoms with Crippen molar-refractivity contribution >= 4 is 12.2 Å².